The molecule has 0 fully saturated rings. The molecule has 1 heterocycles. The van der Waals surface area contributed by atoms with E-state index in [9.17, 15) is 22.4 Å². The minimum Gasteiger partial charge on any atom is -0.335 e. The summed E-state index contributed by atoms with van der Waals surface area (Å²) in [6, 6.07) is 7.32. The number of carbonyl (C=O) groups is 1. The topological polar surface area (TPSA) is 66.9 Å². The number of para-hydroxylation sites is 1. The van der Waals surface area contributed by atoms with Crippen LogP contribution in [0.15, 0.2) is 48.8 Å². The van der Waals surface area contributed by atoms with E-state index in [-0.39, 0.29) is 17.2 Å². The maximum atomic E-state index is 13.7. The zero-order valence-corrected chi connectivity index (χ0v) is 12.9. The quantitative estimate of drug-likeness (QED) is 0.688. The Balaban J connectivity index is 1.80. The van der Waals surface area contributed by atoms with Crippen molar-refractivity contribution in [3.8, 4) is 0 Å². The van der Waals surface area contributed by atoms with E-state index in [1.54, 1.807) is 0 Å². The van der Waals surface area contributed by atoms with Gasteiger partial charge in [-0.15, -0.1) is 0 Å². The molecule has 3 rings (SSSR count). The van der Waals surface area contributed by atoms with Crippen LogP contribution in [-0.4, -0.2) is 15.9 Å². The number of nitrogens with zero attached hydrogens (tertiary/aromatic N) is 2. The van der Waals surface area contributed by atoms with Gasteiger partial charge in [0.25, 0.3) is 5.91 Å². The Labute approximate surface area is 144 Å². The lowest BCUT2D eigenvalue weighted by atomic mass is 10.2. The van der Waals surface area contributed by atoms with Gasteiger partial charge in [0.1, 0.15) is 35.2 Å². The average molecular weight is 362 g/mol. The van der Waals surface area contributed by atoms with E-state index in [4.69, 9.17) is 0 Å². The van der Waals surface area contributed by atoms with Crippen LogP contribution in [0, 0.1) is 23.3 Å². The van der Waals surface area contributed by atoms with E-state index in [1.807, 2.05) is 0 Å². The van der Waals surface area contributed by atoms with Crippen molar-refractivity contribution in [1.29, 1.82) is 0 Å². The Morgan fingerprint density at radius 2 is 1.58 bits per heavy atom. The first-order chi connectivity index (χ1) is 12.4. The zero-order chi connectivity index (χ0) is 18.7. The fourth-order valence-corrected chi connectivity index (χ4v) is 2.06. The molecule has 1 amide bonds. The molecule has 0 bridgehead atoms. The summed E-state index contributed by atoms with van der Waals surface area (Å²) in [6.45, 7) is 0. The van der Waals surface area contributed by atoms with Crippen molar-refractivity contribution in [2.45, 2.75) is 0 Å². The van der Waals surface area contributed by atoms with E-state index < -0.39 is 34.9 Å². The van der Waals surface area contributed by atoms with E-state index >= 15 is 0 Å². The molecule has 0 aliphatic carbocycles. The molecule has 26 heavy (non-hydrogen) atoms. The second-order valence-electron chi connectivity index (χ2n) is 5.09. The van der Waals surface area contributed by atoms with E-state index in [1.165, 1.54) is 12.1 Å². The van der Waals surface area contributed by atoms with Crippen LogP contribution in [-0.2, 0) is 0 Å². The van der Waals surface area contributed by atoms with E-state index in [2.05, 4.69) is 20.6 Å². The van der Waals surface area contributed by atoms with Gasteiger partial charge >= 0.3 is 0 Å². The van der Waals surface area contributed by atoms with Gasteiger partial charge in [0.05, 0.1) is 0 Å². The number of benzene rings is 2. The van der Waals surface area contributed by atoms with Crippen molar-refractivity contribution in [2.24, 2.45) is 0 Å². The van der Waals surface area contributed by atoms with Crippen molar-refractivity contribution < 1.29 is 22.4 Å². The molecule has 0 radical (unpaired) electrons. The minimum absolute atomic E-state index is 0.0159. The standard InChI is InChI=1S/C17H10F4N4O/c18-10-5-4-9(6-13(10)21)24-17(26)14-7-15(23-8-22-14)25-16-11(19)2-1-3-12(16)20/h1-8H,(H,24,26)(H,22,23,25). The van der Waals surface area contributed by atoms with Gasteiger partial charge < -0.3 is 10.6 Å². The molecule has 0 spiro atoms. The van der Waals surface area contributed by atoms with E-state index in [0.717, 1.165) is 36.7 Å². The molecule has 0 unspecified atom stereocenters. The van der Waals surface area contributed by atoms with Gasteiger partial charge in [-0.3, -0.25) is 4.79 Å². The Kier molecular flexibility index (Phi) is 4.78. The monoisotopic (exact) mass is 362 g/mol. The number of hydrogen-bond acceptors (Lipinski definition) is 4. The lowest BCUT2D eigenvalue weighted by Crippen LogP contribution is -2.14. The van der Waals surface area contributed by atoms with Gasteiger partial charge in [-0.1, -0.05) is 6.07 Å². The summed E-state index contributed by atoms with van der Waals surface area (Å²) >= 11 is 0. The summed E-state index contributed by atoms with van der Waals surface area (Å²) in [5, 5.41) is 4.75. The third-order valence-electron chi connectivity index (χ3n) is 3.29. The number of aromatic nitrogens is 2. The van der Waals surface area contributed by atoms with Crippen LogP contribution in [0.25, 0.3) is 0 Å². The molecule has 9 heteroatoms. The van der Waals surface area contributed by atoms with Crippen LogP contribution >= 0.6 is 0 Å². The smallest absolute Gasteiger partial charge is 0.274 e. The molecular weight excluding hydrogens is 352 g/mol. The Morgan fingerprint density at radius 1 is 0.846 bits per heavy atom. The summed E-state index contributed by atoms with van der Waals surface area (Å²) in [5.74, 6) is -4.62. The Hall–Kier alpha value is -3.49. The van der Waals surface area contributed by atoms with Gasteiger partial charge in [0.15, 0.2) is 11.6 Å². The molecule has 1 aromatic heterocycles. The second-order valence-corrected chi connectivity index (χ2v) is 5.09. The molecule has 5 nitrogen and oxygen atoms in total. The van der Waals surface area contributed by atoms with Crippen molar-refractivity contribution >= 4 is 23.1 Å². The predicted octanol–water partition coefficient (Wildman–Crippen LogP) is 4.03. The molecule has 0 saturated carbocycles. The molecule has 3 aromatic rings. The third kappa shape index (κ3) is 3.77. The maximum absolute atomic E-state index is 13.7. The number of anilines is 3. The number of amides is 1. The zero-order valence-electron chi connectivity index (χ0n) is 12.9. The molecule has 0 aliphatic rings. The molecular formula is C17H10F4N4O. The number of nitrogens with one attached hydrogen (secondary N) is 2. The summed E-state index contributed by atoms with van der Waals surface area (Å²) in [6.07, 6.45) is 1.02. The molecule has 0 aliphatic heterocycles. The molecule has 2 N–H and O–H groups in total. The first-order valence-electron chi connectivity index (χ1n) is 7.23. The van der Waals surface area contributed by atoms with Gasteiger partial charge in [0.2, 0.25) is 0 Å². The highest BCUT2D eigenvalue weighted by atomic mass is 19.2. The molecule has 132 valence electrons. The first kappa shape index (κ1) is 17.3. The highest BCUT2D eigenvalue weighted by Crippen LogP contribution is 2.22. The highest BCUT2D eigenvalue weighted by molar-refractivity contribution is 6.03. The van der Waals surface area contributed by atoms with Crippen LogP contribution in [0.3, 0.4) is 0 Å². The van der Waals surface area contributed by atoms with Crippen LogP contribution in [0.2, 0.25) is 0 Å². The number of halogens is 4. The number of carbonyl (C=O) groups excluding carboxylic acids is 1. The van der Waals surface area contributed by atoms with Crippen molar-refractivity contribution in [1.82, 2.24) is 9.97 Å². The summed E-state index contributed by atoms with van der Waals surface area (Å²) in [7, 11) is 0. The second kappa shape index (κ2) is 7.18. The average Bonchev–Trinajstić information content (AvgIpc) is 2.62. The maximum Gasteiger partial charge on any atom is 0.274 e. The third-order valence-corrected chi connectivity index (χ3v) is 3.29. The van der Waals surface area contributed by atoms with Crippen LogP contribution in [0.5, 0.6) is 0 Å². The largest absolute Gasteiger partial charge is 0.335 e. The normalized spacial score (nSPS) is 10.5. The SMILES string of the molecule is O=C(Nc1ccc(F)c(F)c1)c1cc(Nc2c(F)cccc2F)ncn1. The first-order valence-corrected chi connectivity index (χ1v) is 7.23. The molecule has 0 saturated heterocycles. The van der Waals surface area contributed by atoms with Gasteiger partial charge in [-0.05, 0) is 24.3 Å². The van der Waals surface area contributed by atoms with Crippen molar-refractivity contribution in [2.75, 3.05) is 10.6 Å². The summed E-state index contributed by atoms with van der Waals surface area (Å²) in [4.78, 5) is 19.7. The number of hydrogen-bond donors (Lipinski definition) is 2. The highest BCUT2D eigenvalue weighted by Gasteiger charge is 2.13. The Morgan fingerprint density at radius 3 is 2.27 bits per heavy atom. The lowest BCUT2D eigenvalue weighted by molar-refractivity contribution is 0.102. The van der Waals surface area contributed by atoms with Crippen LogP contribution in [0.4, 0.5) is 34.8 Å². The van der Waals surface area contributed by atoms with Crippen LogP contribution in [0.1, 0.15) is 10.5 Å². The summed E-state index contributed by atoms with van der Waals surface area (Å²) in [5.41, 5.74) is -0.565. The van der Waals surface area contributed by atoms with E-state index in [0.29, 0.717) is 0 Å². The molecule has 0 atom stereocenters. The Bertz CT molecular complexity index is 960. The number of rotatable bonds is 4. The minimum atomic E-state index is -1.12. The lowest BCUT2D eigenvalue weighted by Gasteiger charge is -2.09. The predicted molar refractivity (Wildman–Crippen MR) is 86.0 cm³/mol. The van der Waals surface area contributed by atoms with Gasteiger partial charge in [0, 0.05) is 17.8 Å². The van der Waals surface area contributed by atoms with Crippen LogP contribution < -0.4 is 10.6 Å². The fourth-order valence-electron chi connectivity index (χ4n) is 2.06. The fraction of sp³-hybridized carbons (Fsp3) is 0. The molecule has 2 aromatic carbocycles. The van der Waals surface area contributed by atoms with Crippen molar-refractivity contribution in [3.05, 3.63) is 77.8 Å². The van der Waals surface area contributed by atoms with Gasteiger partial charge in [-0.2, -0.15) is 0 Å². The van der Waals surface area contributed by atoms with Gasteiger partial charge in [-0.25, -0.2) is 27.5 Å². The summed E-state index contributed by atoms with van der Waals surface area (Å²) < 4.78 is 53.4. The van der Waals surface area contributed by atoms with Crippen molar-refractivity contribution in [3.63, 3.8) is 0 Å².